The number of β-amino-alcohol motifs (C(OH)–C–C–N with tert-alkyl or cyclic N) is 1. The first-order valence-corrected chi connectivity index (χ1v) is 4.75. The summed E-state index contributed by atoms with van der Waals surface area (Å²) < 4.78 is 0. The van der Waals surface area contributed by atoms with Crippen LogP contribution in [0.5, 0.6) is 0 Å². The lowest BCUT2D eigenvalue weighted by molar-refractivity contribution is 0.0298. The third-order valence-corrected chi connectivity index (χ3v) is 2.41. The van der Waals surface area contributed by atoms with E-state index in [1.807, 2.05) is 20.8 Å². The SMILES string of the molecule is CC(C)(C)N(C(=O)O)[C@@H]1CNC[C@H]1O. The zero-order valence-corrected chi connectivity index (χ0v) is 8.82. The second-order valence-corrected chi connectivity index (χ2v) is 4.62. The van der Waals surface area contributed by atoms with E-state index in [4.69, 9.17) is 5.11 Å². The van der Waals surface area contributed by atoms with E-state index in [2.05, 4.69) is 5.32 Å². The second kappa shape index (κ2) is 3.74. The third-order valence-electron chi connectivity index (χ3n) is 2.41. The molecule has 0 spiro atoms. The molecule has 82 valence electrons. The normalized spacial score (nSPS) is 27.7. The maximum atomic E-state index is 11.1. The van der Waals surface area contributed by atoms with Crippen LogP contribution in [0.25, 0.3) is 0 Å². The Bertz CT molecular complexity index is 225. The van der Waals surface area contributed by atoms with Crippen molar-refractivity contribution < 1.29 is 15.0 Å². The van der Waals surface area contributed by atoms with Crippen LogP contribution in [0.2, 0.25) is 0 Å². The Morgan fingerprint density at radius 2 is 2.00 bits per heavy atom. The molecule has 0 bridgehead atoms. The van der Waals surface area contributed by atoms with Crippen LogP contribution in [-0.4, -0.2) is 52.0 Å². The number of amides is 1. The van der Waals surface area contributed by atoms with Gasteiger partial charge in [-0.1, -0.05) is 0 Å². The van der Waals surface area contributed by atoms with Crippen molar-refractivity contribution in [2.24, 2.45) is 0 Å². The summed E-state index contributed by atoms with van der Waals surface area (Å²) in [4.78, 5) is 12.4. The molecule has 5 nitrogen and oxygen atoms in total. The first-order valence-electron chi connectivity index (χ1n) is 4.75. The molecule has 2 atom stereocenters. The summed E-state index contributed by atoms with van der Waals surface area (Å²) in [5, 5.41) is 21.7. The van der Waals surface area contributed by atoms with Crippen molar-refractivity contribution >= 4 is 6.09 Å². The third kappa shape index (κ3) is 2.16. The van der Waals surface area contributed by atoms with Gasteiger partial charge in [-0.3, -0.25) is 4.90 Å². The van der Waals surface area contributed by atoms with Gasteiger partial charge in [0.2, 0.25) is 0 Å². The molecule has 0 unspecified atom stereocenters. The fraction of sp³-hybridized carbons (Fsp3) is 0.889. The van der Waals surface area contributed by atoms with E-state index >= 15 is 0 Å². The number of nitrogens with one attached hydrogen (secondary N) is 1. The van der Waals surface area contributed by atoms with Crippen LogP contribution in [0.15, 0.2) is 0 Å². The first kappa shape index (κ1) is 11.3. The average molecular weight is 202 g/mol. The van der Waals surface area contributed by atoms with Gasteiger partial charge >= 0.3 is 6.09 Å². The zero-order chi connectivity index (χ0) is 10.9. The minimum absolute atomic E-state index is 0.340. The van der Waals surface area contributed by atoms with Gasteiger partial charge in [0.05, 0.1) is 12.1 Å². The molecule has 5 heteroatoms. The minimum Gasteiger partial charge on any atom is -0.465 e. The van der Waals surface area contributed by atoms with Crippen LogP contribution in [0.3, 0.4) is 0 Å². The molecule has 0 aromatic heterocycles. The molecule has 1 heterocycles. The summed E-state index contributed by atoms with van der Waals surface area (Å²) in [5.74, 6) is 0. The number of carbonyl (C=O) groups is 1. The van der Waals surface area contributed by atoms with E-state index in [0.29, 0.717) is 13.1 Å². The second-order valence-electron chi connectivity index (χ2n) is 4.62. The minimum atomic E-state index is -0.981. The average Bonchev–Trinajstić information content (AvgIpc) is 2.32. The van der Waals surface area contributed by atoms with Gasteiger partial charge in [0.25, 0.3) is 0 Å². The summed E-state index contributed by atoms with van der Waals surface area (Å²) in [6.45, 7) is 6.46. The standard InChI is InChI=1S/C9H18N2O3/c1-9(2,3)11(8(13)14)6-4-10-5-7(6)12/h6-7,10,12H,4-5H2,1-3H3,(H,13,14)/t6-,7-/m1/s1. The Kier molecular flexibility index (Phi) is 3.01. The molecule has 1 amide bonds. The number of aliphatic hydroxyl groups excluding tert-OH is 1. The Morgan fingerprint density at radius 1 is 1.43 bits per heavy atom. The van der Waals surface area contributed by atoms with Gasteiger partial charge in [0, 0.05) is 18.6 Å². The van der Waals surface area contributed by atoms with Crippen molar-refractivity contribution in [1.82, 2.24) is 10.2 Å². The van der Waals surface area contributed by atoms with Crippen LogP contribution < -0.4 is 5.32 Å². The molecule has 0 aromatic carbocycles. The van der Waals surface area contributed by atoms with Crippen LogP contribution in [0.4, 0.5) is 4.79 Å². The number of aliphatic hydroxyl groups is 1. The van der Waals surface area contributed by atoms with Crippen LogP contribution in [-0.2, 0) is 0 Å². The van der Waals surface area contributed by atoms with Gasteiger partial charge in [-0.05, 0) is 20.8 Å². The first-order chi connectivity index (χ1) is 6.34. The van der Waals surface area contributed by atoms with Crippen LogP contribution in [0, 0.1) is 0 Å². The van der Waals surface area contributed by atoms with Crippen LogP contribution >= 0.6 is 0 Å². The maximum absolute atomic E-state index is 11.1. The van der Waals surface area contributed by atoms with Gasteiger partial charge in [0.1, 0.15) is 0 Å². The Balaban J connectivity index is 2.83. The molecule has 1 rings (SSSR count). The summed E-state index contributed by atoms with van der Waals surface area (Å²) in [5.41, 5.74) is -0.483. The zero-order valence-electron chi connectivity index (χ0n) is 8.82. The lowest BCUT2D eigenvalue weighted by atomic mass is 10.0. The molecule has 0 aromatic rings. The van der Waals surface area contributed by atoms with E-state index in [9.17, 15) is 9.90 Å². The van der Waals surface area contributed by atoms with E-state index in [-0.39, 0.29) is 6.04 Å². The highest BCUT2D eigenvalue weighted by Crippen LogP contribution is 2.21. The molecule has 3 N–H and O–H groups in total. The van der Waals surface area contributed by atoms with E-state index in [1.165, 1.54) is 4.90 Å². The quantitative estimate of drug-likeness (QED) is 0.564. The van der Waals surface area contributed by atoms with E-state index in [1.54, 1.807) is 0 Å². The molecule has 14 heavy (non-hydrogen) atoms. The lowest BCUT2D eigenvalue weighted by Crippen LogP contribution is -2.55. The maximum Gasteiger partial charge on any atom is 0.408 e. The van der Waals surface area contributed by atoms with Crippen molar-refractivity contribution in [3.05, 3.63) is 0 Å². The van der Waals surface area contributed by atoms with Gasteiger partial charge in [-0.25, -0.2) is 4.79 Å². The largest absolute Gasteiger partial charge is 0.465 e. The smallest absolute Gasteiger partial charge is 0.408 e. The molecular weight excluding hydrogens is 184 g/mol. The molecular formula is C9H18N2O3. The summed E-state index contributed by atoms with van der Waals surface area (Å²) in [7, 11) is 0. The lowest BCUT2D eigenvalue weighted by Gasteiger charge is -2.38. The predicted molar refractivity (Wildman–Crippen MR) is 52.3 cm³/mol. The number of hydrogen-bond donors (Lipinski definition) is 3. The Hall–Kier alpha value is -0.810. The molecule has 0 saturated carbocycles. The topological polar surface area (TPSA) is 72.8 Å². The Labute approximate surface area is 83.7 Å². The van der Waals surface area contributed by atoms with Crippen molar-refractivity contribution in [2.75, 3.05) is 13.1 Å². The summed E-state index contributed by atoms with van der Waals surface area (Å²) in [6.07, 6.45) is -1.59. The fourth-order valence-corrected chi connectivity index (χ4v) is 1.84. The van der Waals surface area contributed by atoms with Crippen LogP contribution in [0.1, 0.15) is 20.8 Å². The number of rotatable bonds is 1. The highest BCUT2D eigenvalue weighted by Gasteiger charge is 2.39. The van der Waals surface area contributed by atoms with Crippen molar-refractivity contribution in [2.45, 2.75) is 38.5 Å². The van der Waals surface area contributed by atoms with Crippen molar-refractivity contribution in [3.8, 4) is 0 Å². The summed E-state index contributed by atoms with van der Waals surface area (Å²) >= 11 is 0. The van der Waals surface area contributed by atoms with Crippen molar-refractivity contribution in [3.63, 3.8) is 0 Å². The van der Waals surface area contributed by atoms with Gasteiger partial charge < -0.3 is 15.5 Å². The van der Waals surface area contributed by atoms with Gasteiger partial charge in [0.15, 0.2) is 0 Å². The summed E-state index contributed by atoms with van der Waals surface area (Å²) in [6, 6.07) is -0.340. The number of nitrogens with zero attached hydrogens (tertiary/aromatic N) is 1. The highest BCUT2D eigenvalue weighted by molar-refractivity contribution is 5.66. The number of hydrogen-bond acceptors (Lipinski definition) is 3. The monoisotopic (exact) mass is 202 g/mol. The molecule has 1 aliphatic heterocycles. The van der Waals surface area contributed by atoms with E-state index in [0.717, 1.165) is 0 Å². The molecule has 0 aliphatic carbocycles. The molecule has 1 fully saturated rings. The van der Waals surface area contributed by atoms with E-state index < -0.39 is 17.7 Å². The van der Waals surface area contributed by atoms with Crippen molar-refractivity contribution in [1.29, 1.82) is 0 Å². The molecule has 1 aliphatic rings. The van der Waals surface area contributed by atoms with Gasteiger partial charge in [-0.2, -0.15) is 0 Å². The fourth-order valence-electron chi connectivity index (χ4n) is 1.84. The van der Waals surface area contributed by atoms with Gasteiger partial charge in [-0.15, -0.1) is 0 Å². The predicted octanol–water partition coefficient (Wildman–Crippen LogP) is 0.0976. The number of carboxylic acid groups (broad SMARTS) is 1. The molecule has 0 radical (unpaired) electrons. The highest BCUT2D eigenvalue weighted by atomic mass is 16.4. The Morgan fingerprint density at radius 3 is 2.29 bits per heavy atom. The molecule has 1 saturated heterocycles.